The van der Waals surface area contributed by atoms with Crippen molar-refractivity contribution in [2.75, 3.05) is 19.7 Å². The van der Waals surface area contributed by atoms with Crippen molar-refractivity contribution in [1.82, 2.24) is 20.2 Å². The Kier molecular flexibility index (Phi) is 3.80. The van der Waals surface area contributed by atoms with Gasteiger partial charge < -0.3 is 15.0 Å². The number of fused-ring (bicyclic) bond motifs is 1. The van der Waals surface area contributed by atoms with Crippen LogP contribution in [0.2, 0.25) is 0 Å². The molecule has 1 aliphatic carbocycles. The maximum absolute atomic E-state index is 12.3. The zero-order valence-corrected chi connectivity index (χ0v) is 12.6. The number of aromatic nitrogens is 2. The average molecular weight is 302 g/mol. The van der Waals surface area contributed by atoms with Crippen molar-refractivity contribution in [3.05, 3.63) is 24.3 Å². The van der Waals surface area contributed by atoms with E-state index < -0.39 is 0 Å². The van der Waals surface area contributed by atoms with Crippen LogP contribution >= 0.6 is 0 Å². The van der Waals surface area contributed by atoms with Crippen LogP contribution in [0.5, 0.6) is 0 Å². The highest BCUT2D eigenvalue weighted by Gasteiger charge is 2.45. The molecule has 0 aromatic carbocycles. The van der Waals surface area contributed by atoms with Gasteiger partial charge in [-0.2, -0.15) is 0 Å². The summed E-state index contributed by atoms with van der Waals surface area (Å²) in [5.41, 5.74) is 0.443. The van der Waals surface area contributed by atoms with Gasteiger partial charge in [0.05, 0.1) is 12.3 Å². The zero-order chi connectivity index (χ0) is 14.9. The number of ether oxygens (including phenoxy) is 1. The van der Waals surface area contributed by atoms with E-state index in [4.69, 9.17) is 4.74 Å². The molecule has 3 atom stereocenters. The fraction of sp³-hybridized carbons (Fsp3) is 0.688. The predicted octanol–water partition coefficient (Wildman–Crippen LogP) is 0.848. The van der Waals surface area contributed by atoms with Gasteiger partial charge in [-0.3, -0.25) is 9.78 Å². The summed E-state index contributed by atoms with van der Waals surface area (Å²) in [7, 11) is 0. The highest BCUT2D eigenvalue weighted by molar-refractivity contribution is 5.92. The van der Waals surface area contributed by atoms with Gasteiger partial charge >= 0.3 is 0 Å². The molecule has 1 N–H and O–H groups in total. The molecule has 1 amide bonds. The van der Waals surface area contributed by atoms with Crippen molar-refractivity contribution in [2.24, 2.45) is 5.92 Å². The van der Waals surface area contributed by atoms with E-state index >= 15 is 0 Å². The van der Waals surface area contributed by atoms with Gasteiger partial charge in [0.15, 0.2) is 0 Å². The molecule has 6 nitrogen and oxygen atoms in total. The number of hydrogen-bond acceptors (Lipinski definition) is 5. The molecule has 3 aliphatic rings. The van der Waals surface area contributed by atoms with E-state index in [9.17, 15) is 4.79 Å². The SMILES string of the molecule is O=C(c1cnccn1)N1CCC(N[C@H]2C[C@@H]3OCC[C@H]23)CC1. The van der Waals surface area contributed by atoms with Gasteiger partial charge in [-0.25, -0.2) is 4.98 Å². The Morgan fingerprint density at radius 3 is 2.86 bits per heavy atom. The second-order valence-corrected chi connectivity index (χ2v) is 6.53. The van der Waals surface area contributed by atoms with Crippen LogP contribution < -0.4 is 5.32 Å². The van der Waals surface area contributed by atoms with E-state index in [1.165, 1.54) is 6.42 Å². The number of amides is 1. The smallest absolute Gasteiger partial charge is 0.274 e. The summed E-state index contributed by atoms with van der Waals surface area (Å²) in [6.45, 7) is 2.52. The third kappa shape index (κ3) is 2.61. The van der Waals surface area contributed by atoms with Crippen LogP contribution in [0.1, 0.15) is 36.2 Å². The van der Waals surface area contributed by atoms with Gasteiger partial charge in [-0.05, 0) is 25.7 Å². The molecule has 3 heterocycles. The Bertz CT molecular complexity index is 530. The molecule has 6 heteroatoms. The van der Waals surface area contributed by atoms with Crippen LogP contribution in [0.25, 0.3) is 0 Å². The molecule has 4 rings (SSSR count). The second-order valence-electron chi connectivity index (χ2n) is 6.53. The minimum absolute atomic E-state index is 0.000508. The summed E-state index contributed by atoms with van der Waals surface area (Å²) in [6, 6.07) is 1.15. The minimum atomic E-state index is -0.000508. The molecule has 3 fully saturated rings. The molecule has 1 aromatic rings. The van der Waals surface area contributed by atoms with Crippen LogP contribution in [0, 0.1) is 5.92 Å². The molecule has 2 saturated heterocycles. The van der Waals surface area contributed by atoms with Crippen molar-refractivity contribution < 1.29 is 9.53 Å². The van der Waals surface area contributed by atoms with Crippen LogP contribution in [0.4, 0.5) is 0 Å². The highest BCUT2D eigenvalue weighted by Crippen LogP contribution is 2.39. The Morgan fingerprint density at radius 1 is 1.27 bits per heavy atom. The first-order chi connectivity index (χ1) is 10.8. The number of rotatable bonds is 3. The number of likely N-dealkylation sites (tertiary alicyclic amines) is 1. The zero-order valence-electron chi connectivity index (χ0n) is 12.6. The third-order valence-corrected chi connectivity index (χ3v) is 5.28. The van der Waals surface area contributed by atoms with E-state index in [2.05, 4.69) is 15.3 Å². The lowest BCUT2D eigenvalue weighted by Crippen LogP contribution is -2.56. The van der Waals surface area contributed by atoms with Crippen LogP contribution in [-0.4, -0.2) is 58.7 Å². The maximum atomic E-state index is 12.3. The first kappa shape index (κ1) is 14.1. The molecule has 0 bridgehead atoms. The molecule has 0 spiro atoms. The lowest BCUT2D eigenvalue weighted by molar-refractivity contribution is 0.00103. The molecule has 1 saturated carbocycles. The Morgan fingerprint density at radius 2 is 2.14 bits per heavy atom. The summed E-state index contributed by atoms with van der Waals surface area (Å²) in [5, 5.41) is 3.78. The fourth-order valence-corrected chi connectivity index (χ4v) is 3.91. The van der Waals surface area contributed by atoms with Crippen molar-refractivity contribution in [2.45, 2.75) is 43.9 Å². The van der Waals surface area contributed by atoms with Crippen LogP contribution in [-0.2, 0) is 4.74 Å². The van der Waals surface area contributed by atoms with Gasteiger partial charge in [-0.15, -0.1) is 0 Å². The summed E-state index contributed by atoms with van der Waals surface area (Å²) in [6.07, 6.45) is 9.60. The molecule has 2 aliphatic heterocycles. The number of nitrogens with one attached hydrogen (secondary N) is 1. The summed E-state index contributed by atoms with van der Waals surface area (Å²) in [4.78, 5) is 22.3. The first-order valence-corrected chi connectivity index (χ1v) is 8.24. The van der Waals surface area contributed by atoms with Gasteiger partial charge in [0.25, 0.3) is 5.91 Å². The maximum Gasteiger partial charge on any atom is 0.274 e. The third-order valence-electron chi connectivity index (χ3n) is 5.28. The predicted molar refractivity (Wildman–Crippen MR) is 80.3 cm³/mol. The molecule has 0 unspecified atom stereocenters. The van der Waals surface area contributed by atoms with E-state index in [0.717, 1.165) is 44.9 Å². The van der Waals surface area contributed by atoms with Crippen LogP contribution in [0.15, 0.2) is 18.6 Å². The van der Waals surface area contributed by atoms with E-state index in [0.29, 0.717) is 23.9 Å². The lowest BCUT2D eigenvalue weighted by Gasteiger charge is -2.43. The molecule has 118 valence electrons. The van der Waals surface area contributed by atoms with E-state index in [1.54, 1.807) is 18.6 Å². The minimum Gasteiger partial charge on any atom is -0.378 e. The number of nitrogens with zero attached hydrogens (tertiary/aromatic N) is 3. The standard InChI is InChI=1S/C16H22N4O2/c21-16(14-10-17-4-5-18-14)20-6-1-11(2-7-20)19-13-9-15-12(13)3-8-22-15/h4-5,10-13,15,19H,1-3,6-9H2/t12-,13+,15+/m1/s1. The lowest BCUT2D eigenvalue weighted by atomic mass is 9.75. The molecular formula is C16H22N4O2. The molecular weight excluding hydrogens is 280 g/mol. The number of piperidine rings is 1. The van der Waals surface area contributed by atoms with E-state index in [1.807, 2.05) is 4.90 Å². The summed E-state index contributed by atoms with van der Waals surface area (Å²) >= 11 is 0. The summed E-state index contributed by atoms with van der Waals surface area (Å²) < 4.78 is 5.66. The number of hydrogen-bond donors (Lipinski definition) is 1. The molecule has 22 heavy (non-hydrogen) atoms. The van der Waals surface area contributed by atoms with Gasteiger partial charge in [0, 0.05) is 50.1 Å². The highest BCUT2D eigenvalue weighted by atomic mass is 16.5. The molecule has 0 radical (unpaired) electrons. The Balaban J connectivity index is 1.27. The van der Waals surface area contributed by atoms with Crippen LogP contribution in [0.3, 0.4) is 0 Å². The number of carbonyl (C=O) groups excluding carboxylic acids is 1. The largest absolute Gasteiger partial charge is 0.378 e. The number of carbonyl (C=O) groups is 1. The average Bonchev–Trinajstić information content (AvgIpc) is 2.94. The van der Waals surface area contributed by atoms with Crippen molar-refractivity contribution in [3.8, 4) is 0 Å². The van der Waals surface area contributed by atoms with E-state index in [-0.39, 0.29) is 5.91 Å². The Labute approximate surface area is 130 Å². The summed E-state index contributed by atoms with van der Waals surface area (Å²) in [5.74, 6) is 0.721. The van der Waals surface area contributed by atoms with Gasteiger partial charge in [0.1, 0.15) is 5.69 Å². The molecule has 1 aromatic heterocycles. The first-order valence-electron chi connectivity index (χ1n) is 8.24. The second kappa shape index (κ2) is 5.93. The topological polar surface area (TPSA) is 67.4 Å². The van der Waals surface area contributed by atoms with Crippen molar-refractivity contribution >= 4 is 5.91 Å². The van der Waals surface area contributed by atoms with Gasteiger partial charge in [-0.1, -0.05) is 0 Å². The van der Waals surface area contributed by atoms with Crippen molar-refractivity contribution in [1.29, 1.82) is 0 Å². The fourth-order valence-electron chi connectivity index (χ4n) is 3.91. The quantitative estimate of drug-likeness (QED) is 0.896. The van der Waals surface area contributed by atoms with Crippen molar-refractivity contribution in [3.63, 3.8) is 0 Å². The Hall–Kier alpha value is -1.53. The monoisotopic (exact) mass is 302 g/mol. The van der Waals surface area contributed by atoms with Gasteiger partial charge in [0.2, 0.25) is 0 Å². The normalized spacial score (nSPS) is 31.6.